The average molecular weight is 308 g/mol. The molecule has 6 heteroatoms. The summed E-state index contributed by atoms with van der Waals surface area (Å²) in [7, 11) is 1.34. The van der Waals surface area contributed by atoms with Crippen molar-refractivity contribution in [3.05, 3.63) is 46.7 Å². The van der Waals surface area contributed by atoms with Crippen LogP contribution in [0, 0.1) is 0 Å². The summed E-state index contributed by atoms with van der Waals surface area (Å²) in [6.07, 6.45) is 3.24. The molecule has 2 aromatic rings. The Morgan fingerprint density at radius 3 is 2.61 bits per heavy atom. The summed E-state index contributed by atoms with van der Waals surface area (Å²) < 4.78 is 5.49. The molecule has 5 nitrogen and oxygen atoms in total. The smallest absolute Gasteiger partial charge is 0.339 e. The second-order valence-electron chi connectivity index (χ2n) is 3.39. The van der Waals surface area contributed by atoms with E-state index in [2.05, 4.69) is 31.2 Å². The first-order valence-electron chi connectivity index (χ1n) is 5.12. The Morgan fingerprint density at radius 1 is 1.28 bits per heavy atom. The number of hydrogen-bond acceptors (Lipinski definition) is 5. The molecule has 0 fully saturated rings. The summed E-state index contributed by atoms with van der Waals surface area (Å²) in [5, 5.41) is 2.97. The summed E-state index contributed by atoms with van der Waals surface area (Å²) in [5.74, 6) is 0.00441. The van der Waals surface area contributed by atoms with Gasteiger partial charge < -0.3 is 10.1 Å². The van der Waals surface area contributed by atoms with Crippen LogP contribution < -0.4 is 5.32 Å². The van der Waals surface area contributed by atoms with E-state index in [0.29, 0.717) is 17.2 Å². The molecule has 0 aliphatic carbocycles. The summed E-state index contributed by atoms with van der Waals surface area (Å²) in [6, 6.07) is 7.01. The molecule has 0 bridgehead atoms. The molecule has 0 radical (unpaired) electrons. The highest BCUT2D eigenvalue weighted by atomic mass is 79.9. The molecule has 1 N–H and O–H groups in total. The monoisotopic (exact) mass is 307 g/mol. The van der Waals surface area contributed by atoms with Gasteiger partial charge in [0.2, 0.25) is 5.95 Å². The third kappa shape index (κ3) is 2.84. The predicted octanol–water partition coefficient (Wildman–Crippen LogP) is 2.77. The number of carbonyl (C=O) groups excluding carboxylic acids is 1. The summed E-state index contributed by atoms with van der Waals surface area (Å²) in [4.78, 5) is 19.7. The largest absolute Gasteiger partial charge is 0.465 e. The number of para-hydroxylation sites is 1. The Kier molecular flexibility index (Phi) is 3.88. The van der Waals surface area contributed by atoms with E-state index in [0.717, 1.165) is 4.47 Å². The molecule has 92 valence electrons. The van der Waals surface area contributed by atoms with Crippen LogP contribution in [0.15, 0.2) is 41.1 Å². The molecule has 1 aromatic heterocycles. The lowest BCUT2D eigenvalue weighted by atomic mass is 10.2. The zero-order chi connectivity index (χ0) is 13.0. The van der Waals surface area contributed by atoms with E-state index in [1.165, 1.54) is 7.11 Å². The molecule has 1 aromatic carbocycles. The van der Waals surface area contributed by atoms with Crippen LogP contribution in [0.2, 0.25) is 0 Å². The lowest BCUT2D eigenvalue weighted by Crippen LogP contribution is -2.06. The first-order valence-corrected chi connectivity index (χ1v) is 5.92. The number of methoxy groups -OCH3 is 1. The van der Waals surface area contributed by atoms with Gasteiger partial charge in [-0.3, -0.25) is 0 Å². The molecule has 0 aliphatic rings. The molecule has 18 heavy (non-hydrogen) atoms. The normalized spacial score (nSPS) is 9.89. The van der Waals surface area contributed by atoms with Gasteiger partial charge in [-0.25, -0.2) is 14.8 Å². The Morgan fingerprint density at radius 2 is 1.94 bits per heavy atom. The molecule has 0 saturated heterocycles. The second kappa shape index (κ2) is 5.59. The first kappa shape index (κ1) is 12.5. The van der Waals surface area contributed by atoms with Gasteiger partial charge in [-0.05, 0) is 28.1 Å². The highest BCUT2D eigenvalue weighted by molar-refractivity contribution is 9.10. The zero-order valence-corrected chi connectivity index (χ0v) is 11.1. The van der Waals surface area contributed by atoms with Gasteiger partial charge in [0.1, 0.15) is 0 Å². The topological polar surface area (TPSA) is 64.1 Å². The minimum atomic E-state index is -0.407. The number of ether oxygens (including phenoxy) is 1. The minimum absolute atomic E-state index is 0.407. The van der Waals surface area contributed by atoms with E-state index >= 15 is 0 Å². The number of aromatic nitrogens is 2. The second-order valence-corrected chi connectivity index (χ2v) is 4.30. The number of hydrogen-bond donors (Lipinski definition) is 1. The third-order valence-electron chi connectivity index (χ3n) is 2.20. The van der Waals surface area contributed by atoms with Gasteiger partial charge in [-0.1, -0.05) is 12.1 Å². The van der Waals surface area contributed by atoms with Crippen LogP contribution in [-0.2, 0) is 4.74 Å². The molecule has 0 spiro atoms. The van der Waals surface area contributed by atoms with Crippen molar-refractivity contribution in [2.45, 2.75) is 0 Å². The maximum Gasteiger partial charge on any atom is 0.339 e. The summed E-state index contributed by atoms with van der Waals surface area (Å²) in [6.45, 7) is 0. The van der Waals surface area contributed by atoms with Crippen LogP contribution in [0.4, 0.5) is 11.6 Å². The number of rotatable bonds is 3. The van der Waals surface area contributed by atoms with Crippen LogP contribution in [0.5, 0.6) is 0 Å². The van der Waals surface area contributed by atoms with Crippen molar-refractivity contribution < 1.29 is 9.53 Å². The fraction of sp³-hybridized carbons (Fsp3) is 0.0833. The van der Waals surface area contributed by atoms with E-state index in [4.69, 9.17) is 4.74 Å². The maximum atomic E-state index is 11.6. The van der Waals surface area contributed by atoms with Gasteiger partial charge in [0.15, 0.2) is 0 Å². The van der Waals surface area contributed by atoms with Gasteiger partial charge in [0.05, 0.1) is 22.8 Å². The van der Waals surface area contributed by atoms with Crippen LogP contribution >= 0.6 is 15.9 Å². The molecular formula is C12H10BrN3O2. The van der Waals surface area contributed by atoms with Crippen molar-refractivity contribution in [1.29, 1.82) is 0 Å². The van der Waals surface area contributed by atoms with Crippen LogP contribution in [0.3, 0.4) is 0 Å². The third-order valence-corrected chi connectivity index (χ3v) is 2.61. The van der Waals surface area contributed by atoms with Gasteiger partial charge in [0.25, 0.3) is 0 Å². The molecule has 0 amide bonds. The van der Waals surface area contributed by atoms with Crippen molar-refractivity contribution in [3.63, 3.8) is 0 Å². The standard InChI is InChI=1S/C12H10BrN3O2/c1-18-11(17)9-4-2-3-5-10(9)16-12-14-6-8(13)7-15-12/h2-7H,1H3,(H,14,15,16). The van der Waals surface area contributed by atoms with Crippen molar-refractivity contribution in [2.24, 2.45) is 0 Å². The Balaban J connectivity index is 2.28. The average Bonchev–Trinajstić information content (AvgIpc) is 2.41. The van der Waals surface area contributed by atoms with Gasteiger partial charge >= 0.3 is 5.97 Å². The molecule has 0 saturated carbocycles. The van der Waals surface area contributed by atoms with Crippen molar-refractivity contribution in [1.82, 2.24) is 9.97 Å². The molecule has 0 unspecified atom stereocenters. The number of benzene rings is 1. The van der Waals surface area contributed by atoms with E-state index in [-0.39, 0.29) is 0 Å². The summed E-state index contributed by atoms with van der Waals surface area (Å²) in [5.41, 5.74) is 1.04. The highest BCUT2D eigenvalue weighted by Crippen LogP contribution is 2.19. The van der Waals surface area contributed by atoms with Crippen LogP contribution in [0.1, 0.15) is 10.4 Å². The Bertz CT molecular complexity index is 558. The fourth-order valence-corrected chi connectivity index (χ4v) is 1.58. The lowest BCUT2D eigenvalue weighted by molar-refractivity contribution is 0.0602. The maximum absolute atomic E-state index is 11.6. The number of nitrogens with zero attached hydrogens (tertiary/aromatic N) is 2. The number of esters is 1. The number of halogens is 1. The fourth-order valence-electron chi connectivity index (χ4n) is 1.38. The molecular weight excluding hydrogens is 298 g/mol. The van der Waals surface area contributed by atoms with E-state index < -0.39 is 5.97 Å². The summed E-state index contributed by atoms with van der Waals surface area (Å²) >= 11 is 3.25. The van der Waals surface area contributed by atoms with Crippen molar-refractivity contribution >= 4 is 33.5 Å². The van der Waals surface area contributed by atoms with Crippen molar-refractivity contribution in [3.8, 4) is 0 Å². The Labute approximate surface area is 112 Å². The van der Waals surface area contributed by atoms with E-state index in [1.54, 1.807) is 30.6 Å². The minimum Gasteiger partial charge on any atom is -0.465 e. The number of nitrogens with one attached hydrogen (secondary N) is 1. The quantitative estimate of drug-likeness (QED) is 0.883. The number of carbonyl (C=O) groups is 1. The predicted molar refractivity (Wildman–Crippen MR) is 70.8 cm³/mol. The highest BCUT2D eigenvalue weighted by Gasteiger charge is 2.11. The SMILES string of the molecule is COC(=O)c1ccccc1Nc1ncc(Br)cn1. The Hall–Kier alpha value is -1.95. The van der Waals surface area contributed by atoms with E-state index in [9.17, 15) is 4.79 Å². The van der Waals surface area contributed by atoms with Crippen molar-refractivity contribution in [2.75, 3.05) is 12.4 Å². The molecule has 2 rings (SSSR count). The van der Waals surface area contributed by atoms with E-state index in [1.807, 2.05) is 6.07 Å². The van der Waals surface area contributed by atoms with Crippen LogP contribution in [0.25, 0.3) is 0 Å². The number of anilines is 2. The van der Waals surface area contributed by atoms with Gasteiger partial charge in [-0.15, -0.1) is 0 Å². The van der Waals surface area contributed by atoms with Gasteiger partial charge in [-0.2, -0.15) is 0 Å². The molecule has 0 atom stereocenters. The lowest BCUT2D eigenvalue weighted by Gasteiger charge is -2.08. The molecule has 1 heterocycles. The van der Waals surface area contributed by atoms with Gasteiger partial charge in [0, 0.05) is 12.4 Å². The zero-order valence-electron chi connectivity index (χ0n) is 9.55. The van der Waals surface area contributed by atoms with Crippen LogP contribution in [-0.4, -0.2) is 23.0 Å². The molecule has 0 aliphatic heterocycles. The first-order chi connectivity index (χ1) is 8.70.